The van der Waals surface area contributed by atoms with Crippen LogP contribution >= 0.6 is 23.4 Å². The van der Waals surface area contributed by atoms with E-state index in [1.54, 1.807) is 23.9 Å². The Labute approximate surface area is 208 Å². The van der Waals surface area contributed by atoms with Gasteiger partial charge >= 0.3 is 5.97 Å². The van der Waals surface area contributed by atoms with Gasteiger partial charge in [-0.25, -0.2) is 0 Å². The van der Waals surface area contributed by atoms with Crippen molar-refractivity contribution in [2.24, 2.45) is 0 Å². The van der Waals surface area contributed by atoms with Crippen LogP contribution in [0.4, 0.5) is 0 Å². The van der Waals surface area contributed by atoms with Crippen LogP contribution in [0.1, 0.15) is 36.3 Å². The predicted octanol–water partition coefficient (Wildman–Crippen LogP) is 7.98. The van der Waals surface area contributed by atoms with Gasteiger partial charge in [0.2, 0.25) is 0 Å². The lowest BCUT2D eigenvalue weighted by molar-refractivity contribution is -0.136. The number of aliphatic carboxylic acids is 1. The van der Waals surface area contributed by atoms with Crippen LogP contribution in [0.15, 0.2) is 82.3 Å². The lowest BCUT2D eigenvalue weighted by atomic mass is 10.0. The topological polar surface area (TPSA) is 59.7 Å². The number of hydrogen-bond donors (Lipinski definition) is 1. The highest BCUT2D eigenvalue weighted by molar-refractivity contribution is 7.99. The monoisotopic (exact) mass is 494 g/mol. The zero-order valence-electron chi connectivity index (χ0n) is 19.0. The second kappa shape index (κ2) is 11.5. The SMILES string of the molecule is CCCc1c(OCCCSc2ccc(C(Cl)C(=O)O)cc2)ccc2c(-c3ccccc3)coc12. The third-order valence-electron chi connectivity index (χ3n) is 5.59. The summed E-state index contributed by atoms with van der Waals surface area (Å²) in [4.78, 5) is 12.1. The molecule has 0 aliphatic rings. The average Bonchev–Trinajstić information content (AvgIpc) is 3.30. The second-order valence-corrected chi connectivity index (χ2v) is 9.61. The van der Waals surface area contributed by atoms with Gasteiger partial charge in [0.15, 0.2) is 5.38 Å². The molecule has 1 N–H and O–H groups in total. The molecule has 4 rings (SSSR count). The van der Waals surface area contributed by atoms with Crippen LogP contribution in [-0.4, -0.2) is 23.4 Å². The van der Waals surface area contributed by atoms with Crippen molar-refractivity contribution in [1.82, 2.24) is 0 Å². The molecule has 0 aliphatic heterocycles. The van der Waals surface area contributed by atoms with Crippen LogP contribution in [-0.2, 0) is 11.2 Å². The fourth-order valence-corrected chi connectivity index (χ4v) is 4.88. The van der Waals surface area contributed by atoms with Crippen molar-refractivity contribution in [1.29, 1.82) is 0 Å². The number of fused-ring (bicyclic) bond motifs is 1. The normalized spacial score (nSPS) is 12.1. The highest BCUT2D eigenvalue weighted by Gasteiger charge is 2.17. The Kier molecular flexibility index (Phi) is 8.20. The largest absolute Gasteiger partial charge is 0.493 e. The number of furan rings is 1. The molecule has 3 aromatic carbocycles. The first kappa shape index (κ1) is 24.2. The predicted molar refractivity (Wildman–Crippen MR) is 139 cm³/mol. The molecule has 0 saturated heterocycles. The molecular formula is C28H27ClO4S. The van der Waals surface area contributed by atoms with E-state index < -0.39 is 11.3 Å². The number of rotatable bonds is 11. The standard InChI is InChI=1S/C28H27ClO4S/c1-2-7-23-25(15-14-22-24(18-33-27(22)23)19-8-4-3-5-9-19)32-16-6-17-34-21-12-10-20(11-13-21)26(29)28(30)31/h3-5,8-15,18,26H,2,6-7,16-17H2,1H3,(H,30,31). The maximum absolute atomic E-state index is 11.0. The second-order valence-electron chi connectivity index (χ2n) is 8.00. The van der Waals surface area contributed by atoms with Crippen LogP contribution in [0.2, 0.25) is 0 Å². The lowest BCUT2D eigenvalue weighted by Crippen LogP contribution is -2.04. The van der Waals surface area contributed by atoms with Crippen molar-refractivity contribution in [2.45, 2.75) is 36.5 Å². The molecule has 0 radical (unpaired) electrons. The summed E-state index contributed by atoms with van der Waals surface area (Å²) in [5, 5.41) is 9.11. The molecule has 6 heteroatoms. The Bertz CT molecular complexity index is 1230. The van der Waals surface area contributed by atoms with Gasteiger partial charge < -0.3 is 14.3 Å². The molecule has 0 bridgehead atoms. The van der Waals surface area contributed by atoms with E-state index in [0.29, 0.717) is 12.2 Å². The van der Waals surface area contributed by atoms with Gasteiger partial charge in [-0.1, -0.05) is 55.8 Å². The van der Waals surface area contributed by atoms with Crippen LogP contribution < -0.4 is 4.74 Å². The zero-order chi connectivity index (χ0) is 23.9. The molecule has 1 atom stereocenters. The van der Waals surface area contributed by atoms with Crippen molar-refractivity contribution in [3.8, 4) is 16.9 Å². The molecule has 0 spiro atoms. The Hall–Kier alpha value is -2.89. The minimum atomic E-state index is -1.04. The van der Waals surface area contributed by atoms with Gasteiger partial charge in [0.25, 0.3) is 0 Å². The minimum Gasteiger partial charge on any atom is -0.493 e. The van der Waals surface area contributed by atoms with Crippen molar-refractivity contribution in [2.75, 3.05) is 12.4 Å². The van der Waals surface area contributed by atoms with E-state index in [9.17, 15) is 4.79 Å². The van der Waals surface area contributed by atoms with Crippen molar-refractivity contribution in [3.05, 3.63) is 84.1 Å². The summed E-state index contributed by atoms with van der Waals surface area (Å²) >= 11 is 7.59. The number of halogens is 1. The van der Waals surface area contributed by atoms with E-state index >= 15 is 0 Å². The maximum atomic E-state index is 11.0. The number of carboxylic acids is 1. The number of benzene rings is 3. The molecule has 176 valence electrons. The third kappa shape index (κ3) is 5.60. The first-order valence-electron chi connectivity index (χ1n) is 11.4. The van der Waals surface area contributed by atoms with Gasteiger partial charge in [-0.2, -0.15) is 0 Å². The number of carbonyl (C=O) groups is 1. The summed E-state index contributed by atoms with van der Waals surface area (Å²) in [6.45, 7) is 2.77. The summed E-state index contributed by atoms with van der Waals surface area (Å²) in [6, 6.07) is 21.8. The Balaban J connectivity index is 1.37. The number of alkyl halides is 1. The number of thioether (sulfide) groups is 1. The quantitative estimate of drug-likeness (QED) is 0.130. The highest BCUT2D eigenvalue weighted by Crippen LogP contribution is 2.37. The third-order valence-corrected chi connectivity index (χ3v) is 7.13. The van der Waals surface area contributed by atoms with Gasteiger partial charge in [0.05, 0.1) is 12.9 Å². The van der Waals surface area contributed by atoms with E-state index in [1.807, 2.05) is 36.6 Å². The van der Waals surface area contributed by atoms with Crippen LogP contribution in [0.25, 0.3) is 22.1 Å². The summed E-state index contributed by atoms with van der Waals surface area (Å²) < 4.78 is 12.2. The molecule has 1 unspecified atom stereocenters. The number of ether oxygens (including phenoxy) is 1. The zero-order valence-corrected chi connectivity index (χ0v) is 20.6. The molecule has 0 fully saturated rings. The number of hydrogen-bond acceptors (Lipinski definition) is 4. The fourth-order valence-electron chi connectivity index (χ4n) is 3.91. The van der Waals surface area contributed by atoms with Gasteiger partial charge in [-0.05, 0) is 48.2 Å². The van der Waals surface area contributed by atoms with Crippen molar-refractivity contribution < 1.29 is 19.1 Å². The molecule has 34 heavy (non-hydrogen) atoms. The minimum absolute atomic E-state index is 0.592. The maximum Gasteiger partial charge on any atom is 0.326 e. The van der Waals surface area contributed by atoms with E-state index in [4.69, 9.17) is 25.9 Å². The smallest absolute Gasteiger partial charge is 0.326 e. The van der Waals surface area contributed by atoms with Gasteiger partial charge in [0, 0.05) is 27.2 Å². The van der Waals surface area contributed by atoms with Crippen LogP contribution in [0, 0.1) is 0 Å². The van der Waals surface area contributed by atoms with Crippen molar-refractivity contribution >= 4 is 40.3 Å². The van der Waals surface area contributed by atoms with Crippen LogP contribution in [0.5, 0.6) is 5.75 Å². The van der Waals surface area contributed by atoms with E-state index in [1.165, 1.54) is 0 Å². The Morgan fingerprint density at radius 2 is 1.85 bits per heavy atom. The van der Waals surface area contributed by atoms with Crippen LogP contribution in [0.3, 0.4) is 0 Å². The summed E-state index contributed by atoms with van der Waals surface area (Å²) in [5.41, 5.74) is 4.87. The lowest BCUT2D eigenvalue weighted by Gasteiger charge is -2.12. The number of aryl methyl sites for hydroxylation is 1. The molecule has 4 aromatic rings. The average molecular weight is 495 g/mol. The molecule has 4 nitrogen and oxygen atoms in total. The Morgan fingerprint density at radius 3 is 2.56 bits per heavy atom. The first-order chi connectivity index (χ1) is 16.6. The molecule has 1 aromatic heterocycles. The fraction of sp³-hybridized carbons (Fsp3) is 0.250. The van der Waals surface area contributed by atoms with Gasteiger partial charge in [0.1, 0.15) is 11.3 Å². The van der Waals surface area contributed by atoms with E-state index in [-0.39, 0.29) is 0 Å². The summed E-state index contributed by atoms with van der Waals surface area (Å²) in [7, 11) is 0. The highest BCUT2D eigenvalue weighted by atomic mass is 35.5. The molecule has 0 aliphatic carbocycles. The van der Waals surface area contributed by atoms with Gasteiger partial charge in [-0.15, -0.1) is 23.4 Å². The van der Waals surface area contributed by atoms with Gasteiger partial charge in [-0.3, -0.25) is 4.79 Å². The summed E-state index contributed by atoms with van der Waals surface area (Å²) in [6.07, 6.45) is 4.63. The molecule has 0 saturated carbocycles. The summed E-state index contributed by atoms with van der Waals surface area (Å²) in [5.74, 6) is 0.748. The first-order valence-corrected chi connectivity index (χ1v) is 12.8. The molecule has 0 amide bonds. The molecule has 1 heterocycles. The van der Waals surface area contributed by atoms with E-state index in [0.717, 1.165) is 63.3 Å². The van der Waals surface area contributed by atoms with E-state index in [2.05, 4.69) is 31.2 Å². The molecular weight excluding hydrogens is 468 g/mol. The Morgan fingerprint density at radius 1 is 1.09 bits per heavy atom. The number of carboxylic acid groups (broad SMARTS) is 1. The van der Waals surface area contributed by atoms with Crippen molar-refractivity contribution in [3.63, 3.8) is 0 Å².